The molecule has 2 rings (SSSR count). The van der Waals surface area contributed by atoms with E-state index in [4.69, 9.17) is 10.8 Å². The molecule has 0 aliphatic carbocycles. The predicted octanol–water partition coefficient (Wildman–Crippen LogP) is 0.812. The Morgan fingerprint density at radius 1 is 1.25 bits per heavy atom. The molecule has 0 aliphatic rings. The van der Waals surface area contributed by atoms with E-state index in [1.54, 1.807) is 30.3 Å². The van der Waals surface area contributed by atoms with Crippen molar-refractivity contribution in [2.24, 2.45) is 11.1 Å². The highest BCUT2D eigenvalue weighted by molar-refractivity contribution is 5.97. The van der Waals surface area contributed by atoms with E-state index in [0.717, 1.165) is 0 Å². The van der Waals surface area contributed by atoms with Crippen molar-refractivity contribution in [1.29, 1.82) is 0 Å². The van der Waals surface area contributed by atoms with Gasteiger partial charge in [0, 0.05) is 12.6 Å². The van der Waals surface area contributed by atoms with Gasteiger partial charge in [-0.3, -0.25) is 14.4 Å². The van der Waals surface area contributed by atoms with Crippen LogP contribution in [0.3, 0.4) is 0 Å². The maximum absolute atomic E-state index is 12.2. The standard InChI is InChI=1S/C16H18N4O4/c1-16(2,15(23)24)9-18-14(22)11-8-12(13(17)21)20(19-11)10-6-4-3-5-7-10/h3-8H,9H2,1-2H3,(H2,17,21)(H,18,22)(H,23,24). The van der Waals surface area contributed by atoms with Gasteiger partial charge in [-0.25, -0.2) is 4.68 Å². The van der Waals surface area contributed by atoms with Gasteiger partial charge in [-0.05, 0) is 26.0 Å². The van der Waals surface area contributed by atoms with Crippen molar-refractivity contribution in [3.05, 3.63) is 47.8 Å². The van der Waals surface area contributed by atoms with Crippen LogP contribution in [-0.2, 0) is 4.79 Å². The van der Waals surface area contributed by atoms with Gasteiger partial charge < -0.3 is 16.2 Å². The Kier molecular flexibility index (Phi) is 4.68. The number of nitrogens with one attached hydrogen (secondary N) is 1. The Morgan fingerprint density at radius 2 is 1.88 bits per heavy atom. The molecule has 24 heavy (non-hydrogen) atoms. The van der Waals surface area contributed by atoms with Gasteiger partial charge in [-0.2, -0.15) is 5.10 Å². The summed E-state index contributed by atoms with van der Waals surface area (Å²) < 4.78 is 1.28. The lowest BCUT2D eigenvalue weighted by molar-refractivity contribution is -0.146. The molecule has 0 spiro atoms. The molecule has 0 unspecified atom stereocenters. The number of para-hydroxylation sites is 1. The van der Waals surface area contributed by atoms with Gasteiger partial charge in [-0.1, -0.05) is 18.2 Å². The van der Waals surface area contributed by atoms with Gasteiger partial charge in [0.2, 0.25) is 0 Å². The largest absolute Gasteiger partial charge is 0.481 e. The predicted molar refractivity (Wildman–Crippen MR) is 85.8 cm³/mol. The van der Waals surface area contributed by atoms with E-state index in [2.05, 4.69) is 10.4 Å². The summed E-state index contributed by atoms with van der Waals surface area (Å²) in [6.45, 7) is 2.91. The molecule has 0 saturated heterocycles. The highest BCUT2D eigenvalue weighted by Crippen LogP contribution is 2.15. The normalized spacial score (nSPS) is 11.1. The first-order chi connectivity index (χ1) is 11.2. The molecule has 8 heteroatoms. The van der Waals surface area contributed by atoms with Gasteiger partial charge in [0.25, 0.3) is 11.8 Å². The number of aromatic nitrogens is 2. The minimum absolute atomic E-state index is 0.0196. The van der Waals surface area contributed by atoms with Crippen molar-refractivity contribution in [2.75, 3.05) is 6.54 Å². The fraction of sp³-hybridized carbons (Fsp3) is 0.250. The molecule has 8 nitrogen and oxygen atoms in total. The maximum atomic E-state index is 12.2. The zero-order valence-electron chi connectivity index (χ0n) is 13.3. The van der Waals surface area contributed by atoms with E-state index in [-0.39, 0.29) is 17.9 Å². The minimum Gasteiger partial charge on any atom is -0.481 e. The third-order valence-electron chi connectivity index (χ3n) is 3.47. The quantitative estimate of drug-likeness (QED) is 0.722. The van der Waals surface area contributed by atoms with Gasteiger partial charge in [0.05, 0.1) is 11.1 Å². The van der Waals surface area contributed by atoms with Crippen LogP contribution in [0.1, 0.15) is 34.8 Å². The number of primary amides is 1. The molecule has 0 atom stereocenters. The number of nitrogens with two attached hydrogens (primary N) is 1. The van der Waals surface area contributed by atoms with E-state index in [0.29, 0.717) is 5.69 Å². The molecule has 0 radical (unpaired) electrons. The van der Waals surface area contributed by atoms with Gasteiger partial charge in [0.1, 0.15) is 5.69 Å². The molecule has 4 N–H and O–H groups in total. The topological polar surface area (TPSA) is 127 Å². The summed E-state index contributed by atoms with van der Waals surface area (Å²) in [6.07, 6.45) is 0. The maximum Gasteiger partial charge on any atom is 0.310 e. The molecule has 0 bridgehead atoms. The summed E-state index contributed by atoms with van der Waals surface area (Å²) in [5, 5.41) is 15.7. The van der Waals surface area contributed by atoms with Crippen molar-refractivity contribution < 1.29 is 19.5 Å². The van der Waals surface area contributed by atoms with E-state index in [9.17, 15) is 14.4 Å². The van der Waals surface area contributed by atoms with Crippen LogP contribution in [0, 0.1) is 5.41 Å². The molecule has 1 heterocycles. The van der Waals surface area contributed by atoms with Crippen molar-refractivity contribution in [2.45, 2.75) is 13.8 Å². The van der Waals surface area contributed by atoms with Crippen LogP contribution >= 0.6 is 0 Å². The number of hydrogen-bond acceptors (Lipinski definition) is 4. The lowest BCUT2D eigenvalue weighted by Gasteiger charge is -2.18. The van der Waals surface area contributed by atoms with E-state index < -0.39 is 23.2 Å². The van der Waals surface area contributed by atoms with Crippen LogP contribution in [0.4, 0.5) is 0 Å². The number of carbonyl (C=O) groups excluding carboxylic acids is 2. The van der Waals surface area contributed by atoms with Crippen LogP contribution in [-0.4, -0.2) is 39.2 Å². The van der Waals surface area contributed by atoms with Gasteiger partial charge in [-0.15, -0.1) is 0 Å². The number of nitrogens with zero attached hydrogens (tertiary/aromatic N) is 2. The minimum atomic E-state index is -1.12. The Balaban J connectivity index is 2.27. The molecule has 2 aromatic rings. The van der Waals surface area contributed by atoms with Crippen molar-refractivity contribution in [3.63, 3.8) is 0 Å². The molecule has 0 saturated carbocycles. The number of carbonyl (C=O) groups is 3. The third kappa shape index (κ3) is 3.60. The number of aliphatic carboxylic acids is 1. The molecule has 2 amide bonds. The lowest BCUT2D eigenvalue weighted by Crippen LogP contribution is -2.39. The number of amides is 2. The summed E-state index contributed by atoms with van der Waals surface area (Å²) in [5.41, 5.74) is 4.84. The Bertz CT molecular complexity index is 781. The fourth-order valence-electron chi connectivity index (χ4n) is 1.90. The molecule has 1 aromatic heterocycles. The second-order valence-corrected chi connectivity index (χ2v) is 5.90. The Hall–Kier alpha value is -3.16. The van der Waals surface area contributed by atoms with E-state index >= 15 is 0 Å². The first-order valence-electron chi connectivity index (χ1n) is 7.19. The fourth-order valence-corrected chi connectivity index (χ4v) is 1.90. The summed E-state index contributed by atoms with van der Waals surface area (Å²) in [6, 6.07) is 10.0. The van der Waals surface area contributed by atoms with Crippen molar-refractivity contribution in [3.8, 4) is 5.69 Å². The Labute approximate surface area is 138 Å². The summed E-state index contributed by atoms with van der Waals surface area (Å²) in [4.78, 5) is 34.9. The first-order valence-corrected chi connectivity index (χ1v) is 7.19. The van der Waals surface area contributed by atoms with Gasteiger partial charge >= 0.3 is 5.97 Å². The van der Waals surface area contributed by atoms with E-state index in [1.807, 2.05) is 0 Å². The van der Waals surface area contributed by atoms with Crippen LogP contribution < -0.4 is 11.1 Å². The number of hydrogen-bond donors (Lipinski definition) is 3. The smallest absolute Gasteiger partial charge is 0.310 e. The molecule has 126 valence electrons. The molecule has 0 fully saturated rings. The summed E-state index contributed by atoms with van der Waals surface area (Å²) >= 11 is 0. The SMILES string of the molecule is CC(C)(CNC(=O)c1cc(C(N)=O)n(-c2ccccc2)n1)C(=O)O. The number of carboxylic acids is 1. The second kappa shape index (κ2) is 6.53. The van der Waals surface area contributed by atoms with Crippen molar-refractivity contribution >= 4 is 17.8 Å². The molecule has 0 aliphatic heterocycles. The molecular formula is C16H18N4O4. The zero-order chi connectivity index (χ0) is 17.9. The third-order valence-corrected chi connectivity index (χ3v) is 3.47. The first kappa shape index (κ1) is 17.2. The average Bonchev–Trinajstić information content (AvgIpc) is 2.99. The molecular weight excluding hydrogens is 312 g/mol. The average molecular weight is 330 g/mol. The Morgan fingerprint density at radius 3 is 2.42 bits per heavy atom. The summed E-state index contributed by atoms with van der Waals surface area (Å²) in [5.74, 6) is -2.34. The highest BCUT2D eigenvalue weighted by atomic mass is 16.4. The van der Waals surface area contributed by atoms with Crippen molar-refractivity contribution in [1.82, 2.24) is 15.1 Å². The van der Waals surface area contributed by atoms with Crippen LogP contribution in [0.25, 0.3) is 5.69 Å². The number of carboxylic acid groups (broad SMARTS) is 1. The molecule has 1 aromatic carbocycles. The summed E-state index contributed by atoms with van der Waals surface area (Å²) in [7, 11) is 0. The van der Waals surface area contributed by atoms with Gasteiger partial charge in [0.15, 0.2) is 5.69 Å². The number of rotatable bonds is 6. The van der Waals surface area contributed by atoms with E-state index in [1.165, 1.54) is 24.6 Å². The lowest BCUT2D eigenvalue weighted by atomic mass is 9.94. The van der Waals surface area contributed by atoms with Crippen LogP contribution in [0.2, 0.25) is 0 Å². The zero-order valence-corrected chi connectivity index (χ0v) is 13.3. The second-order valence-electron chi connectivity index (χ2n) is 5.90. The van der Waals surface area contributed by atoms with Crippen LogP contribution in [0.5, 0.6) is 0 Å². The highest BCUT2D eigenvalue weighted by Gasteiger charge is 2.28. The van der Waals surface area contributed by atoms with Crippen LogP contribution in [0.15, 0.2) is 36.4 Å². The number of benzene rings is 1. The monoisotopic (exact) mass is 330 g/mol.